The SMILES string of the molecule is C=C1C(=CC=C2CCC[C@@]3(C)C2CC[C@@H]3[C@H](C)CC(=O)CC(C)(O)CO)C[C@@H](O)CC1O. The quantitative estimate of drug-likeness (QED) is 0.476. The molecule has 5 heteroatoms. The first-order valence-corrected chi connectivity index (χ1v) is 12.3. The van der Waals surface area contributed by atoms with Gasteiger partial charge >= 0.3 is 0 Å². The maximum Gasteiger partial charge on any atom is 0.136 e. The average Bonchev–Trinajstić information content (AvgIpc) is 3.06. The van der Waals surface area contributed by atoms with Crippen LogP contribution < -0.4 is 0 Å². The molecule has 0 amide bonds. The first-order chi connectivity index (χ1) is 15.0. The number of fused-ring (bicyclic) bond motifs is 1. The summed E-state index contributed by atoms with van der Waals surface area (Å²) < 4.78 is 0. The molecule has 3 fully saturated rings. The molecule has 3 saturated carbocycles. The fourth-order valence-corrected chi connectivity index (χ4v) is 6.73. The molecule has 0 aliphatic heterocycles. The Hall–Kier alpha value is -1.27. The standard InChI is InChI=1S/C27H42O5/c1-17(12-22(30)15-26(3,32)16-28)23-9-10-24-19(6-5-11-27(23,24)4)7-8-20-13-21(29)14-25(31)18(20)2/h7-8,17,21,23-25,28-29,31-32H,2,5-6,9-16H2,1,3-4H3/t17-,21-,23-,24?,25?,26?,27-/m1/s1. The van der Waals surface area contributed by atoms with Crippen LogP contribution in [-0.4, -0.2) is 50.6 Å². The van der Waals surface area contributed by atoms with E-state index in [4.69, 9.17) is 0 Å². The van der Waals surface area contributed by atoms with E-state index in [1.807, 2.05) is 0 Å². The molecule has 0 aromatic heterocycles. The fraction of sp³-hybridized carbons (Fsp3) is 0.741. The Balaban J connectivity index is 1.72. The molecular formula is C27H42O5. The van der Waals surface area contributed by atoms with E-state index in [9.17, 15) is 25.2 Å². The van der Waals surface area contributed by atoms with Crippen molar-refractivity contribution in [2.45, 2.75) is 96.4 Å². The highest BCUT2D eigenvalue weighted by atomic mass is 16.3. The smallest absolute Gasteiger partial charge is 0.136 e. The predicted molar refractivity (Wildman–Crippen MR) is 126 cm³/mol. The van der Waals surface area contributed by atoms with Crippen LogP contribution in [-0.2, 0) is 4.79 Å². The molecule has 0 heterocycles. The van der Waals surface area contributed by atoms with Gasteiger partial charge in [0.2, 0.25) is 0 Å². The summed E-state index contributed by atoms with van der Waals surface area (Å²) in [6.45, 7) is 9.68. The van der Waals surface area contributed by atoms with E-state index >= 15 is 0 Å². The number of carbonyl (C=O) groups is 1. The Morgan fingerprint density at radius 2 is 2.03 bits per heavy atom. The van der Waals surface area contributed by atoms with Crippen LogP contribution in [0.2, 0.25) is 0 Å². The Kier molecular flexibility index (Phi) is 7.86. The van der Waals surface area contributed by atoms with Crippen molar-refractivity contribution < 1.29 is 25.2 Å². The Morgan fingerprint density at radius 1 is 1.31 bits per heavy atom. The summed E-state index contributed by atoms with van der Waals surface area (Å²) in [5, 5.41) is 39.5. The number of carbonyl (C=O) groups excluding carboxylic acids is 1. The number of hydrogen-bond donors (Lipinski definition) is 4. The van der Waals surface area contributed by atoms with Crippen LogP contribution in [0.1, 0.15) is 78.6 Å². The Morgan fingerprint density at radius 3 is 2.72 bits per heavy atom. The number of hydrogen-bond acceptors (Lipinski definition) is 5. The monoisotopic (exact) mass is 446 g/mol. The summed E-state index contributed by atoms with van der Waals surface area (Å²) in [6.07, 6.45) is 10.0. The van der Waals surface area contributed by atoms with Crippen LogP contribution in [0.4, 0.5) is 0 Å². The second-order valence-electron chi connectivity index (χ2n) is 11.2. The third kappa shape index (κ3) is 5.44. The summed E-state index contributed by atoms with van der Waals surface area (Å²) >= 11 is 0. The van der Waals surface area contributed by atoms with Gasteiger partial charge in [-0.15, -0.1) is 0 Å². The topological polar surface area (TPSA) is 98.0 Å². The van der Waals surface area contributed by atoms with Crippen LogP contribution >= 0.6 is 0 Å². The van der Waals surface area contributed by atoms with E-state index in [0.717, 1.165) is 43.3 Å². The lowest BCUT2D eigenvalue weighted by atomic mass is 9.60. The number of rotatable bonds is 7. The minimum absolute atomic E-state index is 0.00101. The van der Waals surface area contributed by atoms with E-state index in [2.05, 4.69) is 32.6 Å². The zero-order valence-corrected chi connectivity index (χ0v) is 20.0. The molecule has 3 aliphatic rings. The molecule has 4 N–H and O–H groups in total. The normalized spacial score (nSPS) is 38.5. The summed E-state index contributed by atoms with van der Waals surface area (Å²) in [5.74, 6) is 1.21. The van der Waals surface area contributed by atoms with Crippen LogP contribution in [0.5, 0.6) is 0 Å². The summed E-state index contributed by atoms with van der Waals surface area (Å²) in [7, 11) is 0. The van der Waals surface area contributed by atoms with Crippen molar-refractivity contribution in [3.63, 3.8) is 0 Å². The molecule has 5 nitrogen and oxygen atoms in total. The van der Waals surface area contributed by atoms with E-state index in [-0.39, 0.29) is 23.5 Å². The average molecular weight is 447 g/mol. The van der Waals surface area contributed by atoms with Crippen molar-refractivity contribution in [3.8, 4) is 0 Å². The van der Waals surface area contributed by atoms with Gasteiger partial charge in [-0.2, -0.15) is 0 Å². The third-order valence-electron chi connectivity index (χ3n) is 8.46. The first-order valence-electron chi connectivity index (χ1n) is 12.3. The van der Waals surface area contributed by atoms with Gasteiger partial charge in [0.1, 0.15) is 5.78 Å². The van der Waals surface area contributed by atoms with Crippen molar-refractivity contribution in [1.82, 2.24) is 0 Å². The molecule has 0 spiro atoms. The number of aliphatic hydroxyl groups excluding tert-OH is 3. The van der Waals surface area contributed by atoms with Gasteiger partial charge in [0.25, 0.3) is 0 Å². The summed E-state index contributed by atoms with van der Waals surface area (Å²) in [4.78, 5) is 12.5. The molecule has 0 radical (unpaired) electrons. The molecule has 3 aliphatic carbocycles. The Bertz CT molecular complexity index is 779. The van der Waals surface area contributed by atoms with Crippen LogP contribution in [0.3, 0.4) is 0 Å². The molecule has 0 aromatic carbocycles. The minimum atomic E-state index is -1.34. The second kappa shape index (κ2) is 9.92. The maximum atomic E-state index is 12.5. The van der Waals surface area contributed by atoms with Crippen molar-refractivity contribution >= 4 is 5.78 Å². The lowest BCUT2D eigenvalue weighted by molar-refractivity contribution is -0.126. The third-order valence-corrected chi connectivity index (χ3v) is 8.46. The Labute approximate surface area is 192 Å². The maximum absolute atomic E-state index is 12.5. The van der Waals surface area contributed by atoms with Crippen molar-refractivity contribution in [2.24, 2.45) is 23.2 Å². The van der Waals surface area contributed by atoms with E-state index in [1.54, 1.807) is 0 Å². The number of ketones is 1. The van der Waals surface area contributed by atoms with Crippen molar-refractivity contribution in [3.05, 3.63) is 35.5 Å². The minimum Gasteiger partial charge on any atom is -0.393 e. The highest BCUT2D eigenvalue weighted by molar-refractivity contribution is 5.79. The van der Waals surface area contributed by atoms with Gasteiger partial charge in [-0.25, -0.2) is 0 Å². The first kappa shape index (κ1) is 25.4. The second-order valence-corrected chi connectivity index (χ2v) is 11.2. The van der Waals surface area contributed by atoms with Crippen molar-refractivity contribution in [2.75, 3.05) is 6.61 Å². The number of allylic oxidation sites excluding steroid dienone is 3. The summed E-state index contributed by atoms with van der Waals surface area (Å²) in [6, 6.07) is 0. The summed E-state index contributed by atoms with van der Waals surface area (Å²) in [5.41, 5.74) is 1.93. The van der Waals surface area contributed by atoms with Gasteiger partial charge in [-0.05, 0) is 79.8 Å². The van der Waals surface area contributed by atoms with Gasteiger partial charge in [-0.1, -0.05) is 38.2 Å². The van der Waals surface area contributed by atoms with Gasteiger partial charge < -0.3 is 20.4 Å². The molecule has 3 rings (SSSR count). The molecule has 32 heavy (non-hydrogen) atoms. The zero-order valence-electron chi connectivity index (χ0n) is 20.0. The number of Topliss-reactive ketones (excluding diaryl/α,β-unsaturated/α-hetero) is 1. The van der Waals surface area contributed by atoms with E-state index in [0.29, 0.717) is 31.1 Å². The van der Waals surface area contributed by atoms with Gasteiger partial charge in [0, 0.05) is 19.3 Å². The van der Waals surface area contributed by atoms with Crippen LogP contribution in [0.15, 0.2) is 35.5 Å². The van der Waals surface area contributed by atoms with Gasteiger partial charge in [0.15, 0.2) is 0 Å². The highest BCUT2D eigenvalue weighted by Gasteiger charge is 2.50. The molecule has 3 unspecified atom stereocenters. The van der Waals surface area contributed by atoms with E-state index in [1.165, 1.54) is 12.5 Å². The van der Waals surface area contributed by atoms with Gasteiger partial charge in [0.05, 0.1) is 24.4 Å². The van der Waals surface area contributed by atoms with E-state index < -0.39 is 24.4 Å². The molecule has 0 bridgehead atoms. The lowest BCUT2D eigenvalue weighted by Crippen LogP contribution is -2.37. The largest absolute Gasteiger partial charge is 0.393 e. The molecular weight excluding hydrogens is 404 g/mol. The molecule has 0 aromatic rings. The van der Waals surface area contributed by atoms with Gasteiger partial charge in [-0.3, -0.25) is 4.79 Å². The highest BCUT2D eigenvalue weighted by Crippen LogP contribution is 2.59. The molecule has 0 saturated heterocycles. The lowest BCUT2D eigenvalue weighted by Gasteiger charge is -2.44. The fourth-order valence-electron chi connectivity index (χ4n) is 6.73. The number of aliphatic hydroxyl groups is 4. The predicted octanol–water partition coefficient (Wildman–Crippen LogP) is 3.86. The zero-order chi connectivity index (χ0) is 23.7. The van der Waals surface area contributed by atoms with Crippen molar-refractivity contribution in [1.29, 1.82) is 0 Å². The molecule has 180 valence electrons. The van der Waals surface area contributed by atoms with Crippen LogP contribution in [0.25, 0.3) is 0 Å². The molecule has 7 atom stereocenters. The van der Waals surface area contributed by atoms with Crippen LogP contribution in [0, 0.1) is 23.2 Å².